The average Bonchev–Trinajstić information content (AvgIpc) is 2.67. The van der Waals surface area contributed by atoms with Gasteiger partial charge in [0.25, 0.3) is 0 Å². The van der Waals surface area contributed by atoms with Crippen LogP contribution in [0.5, 0.6) is 5.75 Å². The summed E-state index contributed by atoms with van der Waals surface area (Å²) in [6.07, 6.45) is 1.31. The number of hydrogen-bond donors (Lipinski definition) is 2. The number of aliphatic hydroxyl groups excluding tert-OH is 1. The lowest BCUT2D eigenvalue weighted by atomic mass is 10.0. The van der Waals surface area contributed by atoms with E-state index in [0.717, 1.165) is 30.6 Å². The first kappa shape index (κ1) is 17.5. The second-order valence-electron chi connectivity index (χ2n) is 6.20. The fourth-order valence-corrected chi connectivity index (χ4v) is 3.17. The van der Waals surface area contributed by atoms with Crippen molar-refractivity contribution in [3.63, 3.8) is 0 Å². The highest BCUT2D eigenvalue weighted by atomic mass is 16.5. The first-order valence-electron chi connectivity index (χ1n) is 8.60. The lowest BCUT2D eigenvalue weighted by molar-refractivity contribution is -0.117. The van der Waals surface area contributed by atoms with Gasteiger partial charge in [-0.05, 0) is 42.2 Å². The molecule has 2 aromatic carbocycles. The summed E-state index contributed by atoms with van der Waals surface area (Å²) in [6.45, 7) is 1.26. The molecule has 25 heavy (non-hydrogen) atoms. The highest BCUT2D eigenvalue weighted by molar-refractivity contribution is 5.95. The minimum Gasteiger partial charge on any atom is -0.497 e. The number of nitrogens with one attached hydrogen (secondary N) is 1. The molecule has 0 saturated heterocycles. The van der Waals surface area contributed by atoms with Crippen LogP contribution in [0, 0.1) is 0 Å². The topological polar surface area (TPSA) is 61.8 Å². The van der Waals surface area contributed by atoms with Gasteiger partial charge in [-0.25, -0.2) is 0 Å². The maximum atomic E-state index is 12.5. The second kappa shape index (κ2) is 8.14. The Labute approximate surface area is 148 Å². The van der Waals surface area contributed by atoms with Crippen molar-refractivity contribution in [3.05, 3.63) is 59.7 Å². The Morgan fingerprint density at radius 3 is 2.96 bits per heavy atom. The van der Waals surface area contributed by atoms with E-state index in [-0.39, 0.29) is 12.5 Å². The number of methoxy groups -OCH3 is 1. The summed E-state index contributed by atoms with van der Waals surface area (Å²) >= 11 is 0. The number of aryl methyl sites for hydroxylation is 1. The smallest absolute Gasteiger partial charge is 0.240 e. The molecule has 5 nitrogen and oxygen atoms in total. The lowest BCUT2D eigenvalue weighted by Crippen LogP contribution is -2.41. The van der Waals surface area contributed by atoms with Crippen molar-refractivity contribution in [2.75, 3.05) is 31.6 Å². The number of anilines is 1. The van der Waals surface area contributed by atoms with Gasteiger partial charge in [-0.1, -0.05) is 30.3 Å². The largest absolute Gasteiger partial charge is 0.497 e. The van der Waals surface area contributed by atoms with Gasteiger partial charge in [-0.15, -0.1) is 0 Å². The molecule has 1 aliphatic heterocycles. The zero-order valence-electron chi connectivity index (χ0n) is 14.4. The summed E-state index contributed by atoms with van der Waals surface area (Å²) in [7, 11) is 1.60. The molecular formula is C20H24N2O3. The number of carbonyl (C=O) groups excluding carboxylic acids is 1. The van der Waals surface area contributed by atoms with Gasteiger partial charge < -0.3 is 20.1 Å². The Morgan fingerprint density at radius 1 is 1.28 bits per heavy atom. The lowest BCUT2D eigenvalue weighted by Gasteiger charge is -2.29. The van der Waals surface area contributed by atoms with Crippen LogP contribution in [0.2, 0.25) is 0 Å². The zero-order valence-corrected chi connectivity index (χ0v) is 14.4. The van der Waals surface area contributed by atoms with Gasteiger partial charge in [-0.2, -0.15) is 0 Å². The van der Waals surface area contributed by atoms with Gasteiger partial charge in [0.15, 0.2) is 0 Å². The van der Waals surface area contributed by atoms with Crippen LogP contribution < -0.4 is 15.0 Å². The molecular weight excluding hydrogens is 316 g/mol. The Morgan fingerprint density at radius 2 is 2.12 bits per heavy atom. The van der Waals surface area contributed by atoms with E-state index in [4.69, 9.17) is 4.74 Å². The normalized spacial score (nSPS) is 14.7. The van der Waals surface area contributed by atoms with Crippen molar-refractivity contribution in [1.82, 2.24) is 5.32 Å². The maximum absolute atomic E-state index is 12.5. The molecule has 0 bridgehead atoms. The second-order valence-corrected chi connectivity index (χ2v) is 6.20. The molecule has 0 saturated carbocycles. The molecule has 0 fully saturated rings. The Kier molecular flexibility index (Phi) is 5.68. The molecule has 2 N–H and O–H groups in total. The molecule has 0 spiro atoms. The molecule has 1 amide bonds. The molecule has 1 unspecified atom stereocenters. The van der Waals surface area contributed by atoms with E-state index < -0.39 is 6.10 Å². The van der Waals surface area contributed by atoms with Crippen LogP contribution in [-0.4, -0.2) is 37.8 Å². The fourth-order valence-electron chi connectivity index (χ4n) is 3.17. The average molecular weight is 340 g/mol. The third-order valence-corrected chi connectivity index (χ3v) is 4.50. The van der Waals surface area contributed by atoms with Gasteiger partial charge in [0.2, 0.25) is 5.91 Å². The summed E-state index contributed by atoms with van der Waals surface area (Å²) < 4.78 is 5.17. The van der Waals surface area contributed by atoms with Gasteiger partial charge in [0, 0.05) is 18.8 Å². The minimum absolute atomic E-state index is 0.0324. The first-order chi connectivity index (χ1) is 12.2. The van der Waals surface area contributed by atoms with Gasteiger partial charge in [0.1, 0.15) is 5.75 Å². The summed E-state index contributed by atoms with van der Waals surface area (Å²) in [5.74, 6) is 0.738. The Bertz CT molecular complexity index is 732. The molecule has 5 heteroatoms. The number of hydrogen-bond acceptors (Lipinski definition) is 4. The van der Waals surface area contributed by atoms with Crippen molar-refractivity contribution < 1.29 is 14.6 Å². The van der Waals surface area contributed by atoms with E-state index >= 15 is 0 Å². The van der Waals surface area contributed by atoms with Crippen LogP contribution in [0.15, 0.2) is 48.5 Å². The fraction of sp³-hybridized carbons (Fsp3) is 0.350. The van der Waals surface area contributed by atoms with Gasteiger partial charge >= 0.3 is 0 Å². The molecule has 0 radical (unpaired) electrons. The molecule has 2 aromatic rings. The summed E-state index contributed by atoms with van der Waals surface area (Å²) in [4.78, 5) is 14.4. The van der Waals surface area contributed by atoms with Crippen molar-refractivity contribution in [2.45, 2.75) is 18.9 Å². The number of ether oxygens (including phenoxy) is 1. The Hall–Kier alpha value is -2.37. The molecule has 1 heterocycles. The van der Waals surface area contributed by atoms with E-state index in [1.807, 2.05) is 41.3 Å². The number of para-hydroxylation sites is 1. The monoisotopic (exact) mass is 340 g/mol. The van der Waals surface area contributed by atoms with E-state index in [9.17, 15) is 9.90 Å². The summed E-state index contributed by atoms with van der Waals surface area (Å²) in [5, 5.41) is 13.3. The maximum Gasteiger partial charge on any atom is 0.240 e. The number of nitrogens with zero attached hydrogens (tertiary/aromatic N) is 1. The van der Waals surface area contributed by atoms with Crippen molar-refractivity contribution in [2.24, 2.45) is 0 Å². The van der Waals surface area contributed by atoms with Crippen molar-refractivity contribution in [3.8, 4) is 5.75 Å². The van der Waals surface area contributed by atoms with Crippen LogP contribution in [0.3, 0.4) is 0 Å². The molecule has 0 aliphatic carbocycles. The van der Waals surface area contributed by atoms with E-state index in [1.165, 1.54) is 5.56 Å². The van der Waals surface area contributed by atoms with Crippen LogP contribution in [-0.2, 0) is 11.2 Å². The number of rotatable bonds is 6. The summed E-state index contributed by atoms with van der Waals surface area (Å²) in [5.41, 5.74) is 3.00. The number of amides is 1. The van der Waals surface area contributed by atoms with Crippen LogP contribution in [0.1, 0.15) is 23.7 Å². The van der Waals surface area contributed by atoms with Gasteiger partial charge in [0.05, 0.1) is 19.8 Å². The van der Waals surface area contributed by atoms with Crippen LogP contribution in [0.25, 0.3) is 0 Å². The number of aliphatic hydroxyl groups is 1. The highest BCUT2D eigenvalue weighted by Crippen LogP contribution is 2.26. The van der Waals surface area contributed by atoms with E-state index in [1.54, 1.807) is 13.2 Å². The molecule has 1 atom stereocenters. The predicted molar refractivity (Wildman–Crippen MR) is 97.9 cm³/mol. The van der Waals surface area contributed by atoms with Crippen LogP contribution in [0.4, 0.5) is 5.69 Å². The minimum atomic E-state index is -0.684. The number of benzene rings is 2. The van der Waals surface area contributed by atoms with Crippen molar-refractivity contribution >= 4 is 11.6 Å². The zero-order chi connectivity index (χ0) is 17.6. The predicted octanol–water partition coefficient (Wildman–Crippen LogP) is 2.30. The first-order valence-corrected chi connectivity index (χ1v) is 8.60. The van der Waals surface area contributed by atoms with E-state index in [0.29, 0.717) is 12.3 Å². The van der Waals surface area contributed by atoms with Crippen molar-refractivity contribution in [1.29, 1.82) is 0 Å². The molecule has 132 valence electrons. The highest BCUT2D eigenvalue weighted by Gasteiger charge is 2.21. The van der Waals surface area contributed by atoms with Crippen LogP contribution >= 0.6 is 0 Å². The van der Waals surface area contributed by atoms with E-state index in [2.05, 4.69) is 11.4 Å². The standard InChI is InChI=1S/C20H24N2O3/c1-25-17-9-4-7-16(12-17)19(23)13-21-14-20(24)22-11-5-8-15-6-2-3-10-18(15)22/h2-4,6-7,9-10,12,19,21,23H,5,8,11,13-14H2,1H3. The number of fused-ring (bicyclic) bond motifs is 1. The molecule has 3 rings (SSSR count). The quantitative estimate of drug-likeness (QED) is 0.847. The van der Waals surface area contributed by atoms with Gasteiger partial charge in [-0.3, -0.25) is 4.79 Å². The third kappa shape index (κ3) is 4.18. The SMILES string of the molecule is COc1cccc(C(O)CNCC(=O)N2CCCc3ccccc32)c1. The molecule has 1 aliphatic rings. The molecule has 0 aromatic heterocycles. The Balaban J connectivity index is 1.54. The summed E-state index contributed by atoms with van der Waals surface area (Å²) in [6, 6.07) is 15.4. The third-order valence-electron chi connectivity index (χ3n) is 4.50. The number of carbonyl (C=O) groups is 1.